The molecule has 5 heteroatoms. The molecule has 1 aromatic carbocycles. The lowest BCUT2D eigenvalue weighted by molar-refractivity contribution is 0.416. The van der Waals surface area contributed by atoms with E-state index in [4.69, 9.17) is 10.5 Å². The monoisotopic (exact) mass is 280 g/mol. The Labute approximate surface area is 122 Å². The molecule has 0 aliphatic heterocycles. The van der Waals surface area contributed by atoms with Gasteiger partial charge in [0, 0.05) is 23.0 Å². The first kappa shape index (κ1) is 13.2. The van der Waals surface area contributed by atoms with Gasteiger partial charge in [-0.05, 0) is 25.1 Å². The van der Waals surface area contributed by atoms with Gasteiger partial charge in [0.05, 0.1) is 18.4 Å². The zero-order chi connectivity index (χ0) is 14.8. The number of aromatic nitrogens is 3. The van der Waals surface area contributed by atoms with Gasteiger partial charge in [-0.1, -0.05) is 18.2 Å². The van der Waals surface area contributed by atoms with Crippen molar-refractivity contribution in [2.24, 2.45) is 0 Å². The first-order chi connectivity index (χ1) is 10.2. The number of rotatable bonds is 3. The number of pyridine rings is 1. The Morgan fingerprint density at radius 2 is 2.00 bits per heavy atom. The number of nitrogens with two attached hydrogens (primary N) is 1. The molecule has 2 heterocycles. The Kier molecular flexibility index (Phi) is 3.31. The second kappa shape index (κ2) is 5.28. The molecule has 0 fully saturated rings. The summed E-state index contributed by atoms with van der Waals surface area (Å²) in [4.78, 5) is 4.22. The molecule has 5 nitrogen and oxygen atoms in total. The van der Waals surface area contributed by atoms with Gasteiger partial charge < -0.3 is 10.5 Å². The Hall–Kier alpha value is -2.82. The van der Waals surface area contributed by atoms with E-state index in [2.05, 4.69) is 15.2 Å². The Morgan fingerprint density at radius 3 is 2.76 bits per heavy atom. The zero-order valence-corrected chi connectivity index (χ0v) is 11.9. The van der Waals surface area contributed by atoms with Gasteiger partial charge in [-0.2, -0.15) is 5.10 Å². The summed E-state index contributed by atoms with van der Waals surface area (Å²) in [6, 6.07) is 11.7. The summed E-state index contributed by atoms with van der Waals surface area (Å²) in [6.07, 6.45) is 1.77. The van der Waals surface area contributed by atoms with Gasteiger partial charge in [-0.3, -0.25) is 10.1 Å². The van der Waals surface area contributed by atoms with Crippen molar-refractivity contribution in [1.82, 2.24) is 15.2 Å². The first-order valence-corrected chi connectivity index (χ1v) is 6.61. The fourth-order valence-electron chi connectivity index (χ4n) is 2.39. The predicted octanol–water partition coefficient (Wildman–Crippen LogP) is 3.04. The van der Waals surface area contributed by atoms with Crippen molar-refractivity contribution in [2.45, 2.75) is 6.92 Å². The van der Waals surface area contributed by atoms with Gasteiger partial charge in [0.25, 0.3) is 0 Å². The number of anilines is 1. The number of aromatic amines is 1. The normalized spacial score (nSPS) is 10.6. The van der Waals surface area contributed by atoms with Gasteiger partial charge in [0.1, 0.15) is 5.75 Å². The molecule has 2 aromatic heterocycles. The van der Waals surface area contributed by atoms with Gasteiger partial charge in [-0.15, -0.1) is 0 Å². The van der Waals surface area contributed by atoms with Crippen molar-refractivity contribution in [2.75, 3.05) is 12.8 Å². The summed E-state index contributed by atoms with van der Waals surface area (Å²) in [5, 5.41) is 7.16. The number of hydrogen-bond donors (Lipinski definition) is 2. The van der Waals surface area contributed by atoms with Crippen LogP contribution in [0.5, 0.6) is 5.75 Å². The third-order valence-electron chi connectivity index (χ3n) is 3.36. The topological polar surface area (TPSA) is 76.8 Å². The minimum absolute atomic E-state index is 0.448. The summed E-state index contributed by atoms with van der Waals surface area (Å²) in [7, 11) is 1.64. The van der Waals surface area contributed by atoms with Crippen molar-refractivity contribution < 1.29 is 4.74 Å². The lowest BCUT2D eigenvalue weighted by Gasteiger charge is -2.09. The summed E-state index contributed by atoms with van der Waals surface area (Å²) in [6.45, 7) is 1.95. The first-order valence-electron chi connectivity index (χ1n) is 6.61. The summed E-state index contributed by atoms with van der Waals surface area (Å²) >= 11 is 0. The lowest BCUT2D eigenvalue weighted by Crippen LogP contribution is -1.93. The number of methoxy groups -OCH3 is 1. The number of H-pyrrole nitrogens is 1. The fraction of sp³-hybridized carbons (Fsp3) is 0.125. The molecule has 21 heavy (non-hydrogen) atoms. The van der Waals surface area contributed by atoms with E-state index in [-0.39, 0.29) is 0 Å². The van der Waals surface area contributed by atoms with Crippen LogP contribution < -0.4 is 10.5 Å². The highest BCUT2D eigenvalue weighted by Gasteiger charge is 2.18. The van der Waals surface area contributed by atoms with Crippen molar-refractivity contribution in [3.8, 4) is 28.1 Å². The number of aryl methyl sites for hydroxylation is 1. The molecule has 0 bridgehead atoms. The molecule has 0 spiro atoms. The molecule has 0 aliphatic rings. The van der Waals surface area contributed by atoms with E-state index >= 15 is 0 Å². The van der Waals surface area contributed by atoms with Crippen molar-refractivity contribution in [1.29, 1.82) is 0 Å². The molecule has 0 aliphatic carbocycles. The minimum Gasteiger partial charge on any atom is -0.496 e. The Morgan fingerprint density at radius 1 is 1.19 bits per heavy atom. The van der Waals surface area contributed by atoms with Crippen LogP contribution in [0.1, 0.15) is 5.69 Å². The highest BCUT2D eigenvalue weighted by atomic mass is 16.5. The fourth-order valence-corrected chi connectivity index (χ4v) is 2.39. The largest absolute Gasteiger partial charge is 0.496 e. The standard InChI is InChI=1S/C16H16N4O/c1-10-9-11(7-8-18-10)15-14(16(17)20-19-15)12-5-3-4-6-13(12)21-2/h3-9H,1-2H3,(H3,17,19,20). The van der Waals surface area contributed by atoms with E-state index in [0.717, 1.165) is 33.8 Å². The van der Waals surface area contributed by atoms with Crippen LogP contribution in [0.2, 0.25) is 0 Å². The lowest BCUT2D eigenvalue weighted by atomic mass is 10.0. The van der Waals surface area contributed by atoms with E-state index in [9.17, 15) is 0 Å². The Bertz CT molecular complexity index is 779. The highest BCUT2D eigenvalue weighted by molar-refractivity contribution is 5.90. The van der Waals surface area contributed by atoms with E-state index in [1.54, 1.807) is 13.3 Å². The smallest absolute Gasteiger partial charge is 0.153 e. The average Bonchev–Trinajstić information content (AvgIpc) is 2.89. The number of para-hydroxylation sites is 1. The predicted molar refractivity (Wildman–Crippen MR) is 83.0 cm³/mol. The molecular weight excluding hydrogens is 264 g/mol. The van der Waals surface area contributed by atoms with Crippen LogP contribution in [0.3, 0.4) is 0 Å². The second-order valence-corrected chi connectivity index (χ2v) is 4.75. The molecule has 0 radical (unpaired) electrons. The molecule has 0 amide bonds. The number of nitrogens with zero attached hydrogens (tertiary/aromatic N) is 2. The van der Waals surface area contributed by atoms with Crippen LogP contribution in [0, 0.1) is 6.92 Å². The molecule has 3 rings (SSSR count). The molecule has 106 valence electrons. The van der Waals surface area contributed by atoms with E-state index in [1.165, 1.54) is 0 Å². The van der Waals surface area contributed by atoms with E-state index < -0.39 is 0 Å². The van der Waals surface area contributed by atoms with Crippen LogP contribution in [-0.2, 0) is 0 Å². The highest BCUT2D eigenvalue weighted by Crippen LogP contribution is 2.39. The van der Waals surface area contributed by atoms with Gasteiger partial charge in [-0.25, -0.2) is 0 Å². The quantitative estimate of drug-likeness (QED) is 0.773. The number of ether oxygens (including phenoxy) is 1. The van der Waals surface area contributed by atoms with Crippen LogP contribution in [0.4, 0.5) is 5.82 Å². The van der Waals surface area contributed by atoms with Gasteiger partial charge in [0.2, 0.25) is 0 Å². The molecule has 0 saturated carbocycles. The number of nitrogen functional groups attached to an aromatic ring is 1. The SMILES string of the molecule is COc1ccccc1-c1c(N)n[nH]c1-c1ccnc(C)c1. The Balaban J connectivity index is 2.22. The molecule has 3 N–H and O–H groups in total. The van der Waals surface area contributed by atoms with Crippen LogP contribution >= 0.6 is 0 Å². The molecule has 0 unspecified atom stereocenters. The third kappa shape index (κ3) is 2.33. The van der Waals surface area contributed by atoms with Crippen LogP contribution in [0.15, 0.2) is 42.6 Å². The van der Waals surface area contributed by atoms with Crippen molar-refractivity contribution in [3.05, 3.63) is 48.3 Å². The summed E-state index contributed by atoms with van der Waals surface area (Å²) < 4.78 is 5.43. The van der Waals surface area contributed by atoms with Gasteiger partial charge >= 0.3 is 0 Å². The number of nitrogens with one attached hydrogen (secondary N) is 1. The van der Waals surface area contributed by atoms with Crippen molar-refractivity contribution >= 4 is 5.82 Å². The van der Waals surface area contributed by atoms with Gasteiger partial charge in [0.15, 0.2) is 5.82 Å². The average molecular weight is 280 g/mol. The van der Waals surface area contributed by atoms with Crippen LogP contribution in [0.25, 0.3) is 22.4 Å². The molecule has 0 atom stereocenters. The summed E-state index contributed by atoms with van der Waals surface area (Å²) in [5.41, 5.74) is 10.6. The second-order valence-electron chi connectivity index (χ2n) is 4.75. The number of hydrogen-bond acceptors (Lipinski definition) is 4. The maximum Gasteiger partial charge on any atom is 0.153 e. The molecule has 3 aromatic rings. The van der Waals surface area contributed by atoms with E-state index in [0.29, 0.717) is 5.82 Å². The van der Waals surface area contributed by atoms with Crippen molar-refractivity contribution in [3.63, 3.8) is 0 Å². The van der Waals surface area contributed by atoms with E-state index in [1.807, 2.05) is 43.3 Å². The third-order valence-corrected chi connectivity index (χ3v) is 3.36. The summed E-state index contributed by atoms with van der Waals surface area (Å²) in [5.74, 6) is 1.21. The zero-order valence-electron chi connectivity index (χ0n) is 11.9. The maximum atomic E-state index is 6.06. The maximum absolute atomic E-state index is 6.06. The number of benzene rings is 1. The molecular formula is C16H16N4O. The minimum atomic E-state index is 0.448. The van der Waals surface area contributed by atoms with Crippen LogP contribution in [-0.4, -0.2) is 22.3 Å². The molecule has 0 saturated heterocycles.